The molecule has 1 amide bonds. The number of carbonyl (C=O) groups is 1. The van der Waals surface area contributed by atoms with Crippen LogP contribution in [-0.4, -0.2) is 33.7 Å². The molecule has 0 aliphatic heterocycles. The lowest BCUT2D eigenvalue weighted by molar-refractivity contribution is 0.0951. The van der Waals surface area contributed by atoms with E-state index in [1.807, 2.05) is 0 Å². The van der Waals surface area contributed by atoms with Crippen LogP contribution in [0.1, 0.15) is 16.8 Å². The van der Waals surface area contributed by atoms with Crippen molar-refractivity contribution in [2.45, 2.75) is 11.3 Å². The van der Waals surface area contributed by atoms with Gasteiger partial charge in [-0.25, -0.2) is 12.8 Å². The average Bonchev–Trinajstić information content (AvgIpc) is 2.55. The predicted octanol–water partition coefficient (Wildman–Crippen LogP) is 2.43. The molecule has 0 radical (unpaired) electrons. The Hall–Kier alpha value is -2.41. The Morgan fingerprint density at radius 1 is 1.17 bits per heavy atom. The van der Waals surface area contributed by atoms with Gasteiger partial charge in [0.05, 0.1) is 11.5 Å². The highest BCUT2D eigenvalue weighted by molar-refractivity contribution is 7.90. The summed E-state index contributed by atoms with van der Waals surface area (Å²) in [5, 5.41) is 2.67. The lowest BCUT2D eigenvalue weighted by Gasteiger charge is -2.08. The maximum atomic E-state index is 13.3. The van der Waals surface area contributed by atoms with Crippen molar-refractivity contribution < 1.29 is 22.3 Å². The quantitative estimate of drug-likeness (QED) is 0.778. The number of hydrogen-bond donors (Lipinski definition) is 1. The van der Waals surface area contributed by atoms with Crippen molar-refractivity contribution in [3.63, 3.8) is 0 Å². The SMILES string of the molecule is CS(=O)(=O)c1cccc(C(=O)NCCCOc2ccccc2F)c1. The Kier molecular flexibility index (Phi) is 5.92. The van der Waals surface area contributed by atoms with E-state index in [0.717, 1.165) is 6.26 Å². The van der Waals surface area contributed by atoms with Crippen LogP contribution in [0.15, 0.2) is 53.4 Å². The molecule has 2 aromatic carbocycles. The van der Waals surface area contributed by atoms with Crippen LogP contribution >= 0.6 is 0 Å². The van der Waals surface area contributed by atoms with Gasteiger partial charge in [0.15, 0.2) is 21.4 Å². The fourth-order valence-electron chi connectivity index (χ4n) is 1.99. The van der Waals surface area contributed by atoms with Crippen molar-refractivity contribution in [2.75, 3.05) is 19.4 Å². The first kappa shape index (κ1) is 17.9. The van der Waals surface area contributed by atoms with Crippen LogP contribution in [0, 0.1) is 5.82 Å². The minimum Gasteiger partial charge on any atom is -0.490 e. The number of ether oxygens (including phenoxy) is 1. The number of benzene rings is 2. The second-order valence-corrected chi connectivity index (χ2v) is 7.20. The van der Waals surface area contributed by atoms with E-state index in [9.17, 15) is 17.6 Å². The van der Waals surface area contributed by atoms with Gasteiger partial charge < -0.3 is 10.1 Å². The van der Waals surface area contributed by atoms with E-state index in [1.54, 1.807) is 18.2 Å². The van der Waals surface area contributed by atoms with E-state index in [2.05, 4.69) is 5.32 Å². The number of halogens is 1. The van der Waals surface area contributed by atoms with E-state index < -0.39 is 15.7 Å². The molecule has 0 heterocycles. The minimum absolute atomic E-state index is 0.0954. The first-order chi connectivity index (χ1) is 11.4. The third kappa shape index (κ3) is 5.06. The normalized spacial score (nSPS) is 11.1. The molecule has 2 aromatic rings. The third-order valence-corrected chi connectivity index (χ3v) is 4.34. The molecule has 2 rings (SSSR count). The molecule has 1 N–H and O–H groups in total. The molecule has 0 aromatic heterocycles. The first-order valence-corrected chi connectivity index (χ1v) is 9.23. The fourth-order valence-corrected chi connectivity index (χ4v) is 2.65. The molecule has 0 bridgehead atoms. The summed E-state index contributed by atoms with van der Waals surface area (Å²) < 4.78 is 41.6. The van der Waals surface area contributed by atoms with Crippen molar-refractivity contribution in [3.8, 4) is 5.75 Å². The van der Waals surface area contributed by atoms with Gasteiger partial charge in [0.25, 0.3) is 5.91 Å². The lowest BCUT2D eigenvalue weighted by atomic mass is 10.2. The molecule has 0 atom stereocenters. The van der Waals surface area contributed by atoms with E-state index in [0.29, 0.717) is 13.0 Å². The summed E-state index contributed by atoms with van der Waals surface area (Å²) in [5.41, 5.74) is 0.271. The Balaban J connectivity index is 1.81. The summed E-state index contributed by atoms with van der Waals surface area (Å²) in [7, 11) is -3.36. The second-order valence-electron chi connectivity index (χ2n) is 5.19. The number of sulfone groups is 1. The molecule has 0 saturated heterocycles. The number of rotatable bonds is 7. The number of nitrogens with one attached hydrogen (secondary N) is 1. The highest BCUT2D eigenvalue weighted by Gasteiger charge is 2.11. The molecular weight excluding hydrogens is 333 g/mol. The number of para-hydroxylation sites is 1. The van der Waals surface area contributed by atoms with E-state index in [1.165, 1.54) is 30.3 Å². The summed E-state index contributed by atoms with van der Waals surface area (Å²) in [6, 6.07) is 11.9. The van der Waals surface area contributed by atoms with Gasteiger partial charge in [-0.2, -0.15) is 0 Å². The Bertz CT molecular complexity index is 821. The lowest BCUT2D eigenvalue weighted by Crippen LogP contribution is -2.25. The smallest absolute Gasteiger partial charge is 0.251 e. The summed E-state index contributed by atoms with van der Waals surface area (Å²) in [6.07, 6.45) is 1.58. The Morgan fingerprint density at radius 2 is 1.92 bits per heavy atom. The minimum atomic E-state index is -3.36. The van der Waals surface area contributed by atoms with Crippen molar-refractivity contribution >= 4 is 15.7 Å². The molecule has 24 heavy (non-hydrogen) atoms. The molecule has 128 valence electrons. The van der Waals surface area contributed by atoms with E-state index in [4.69, 9.17) is 4.74 Å². The fraction of sp³-hybridized carbons (Fsp3) is 0.235. The highest BCUT2D eigenvalue weighted by atomic mass is 32.2. The van der Waals surface area contributed by atoms with Crippen LogP contribution in [0.25, 0.3) is 0 Å². The highest BCUT2D eigenvalue weighted by Crippen LogP contribution is 2.15. The van der Waals surface area contributed by atoms with Crippen LogP contribution < -0.4 is 10.1 Å². The standard InChI is InChI=1S/C17H18FNO4S/c1-24(21,22)14-7-4-6-13(12-14)17(20)19-10-5-11-23-16-9-3-2-8-15(16)18/h2-4,6-9,12H,5,10-11H2,1H3,(H,19,20). The summed E-state index contributed by atoms with van der Waals surface area (Å²) >= 11 is 0. The number of hydrogen-bond acceptors (Lipinski definition) is 4. The molecule has 0 spiro atoms. The van der Waals surface area contributed by atoms with Crippen LogP contribution in [0.5, 0.6) is 5.75 Å². The zero-order chi connectivity index (χ0) is 17.6. The topological polar surface area (TPSA) is 72.5 Å². The van der Waals surface area contributed by atoms with Gasteiger partial charge in [-0.15, -0.1) is 0 Å². The Labute approximate surface area is 140 Å². The van der Waals surface area contributed by atoms with Gasteiger partial charge in [0, 0.05) is 18.4 Å². The van der Waals surface area contributed by atoms with Gasteiger partial charge in [0.1, 0.15) is 0 Å². The van der Waals surface area contributed by atoms with Crippen LogP contribution in [0.3, 0.4) is 0 Å². The molecule has 0 saturated carbocycles. The average molecular weight is 351 g/mol. The summed E-state index contributed by atoms with van der Waals surface area (Å²) in [5.74, 6) is -0.629. The van der Waals surface area contributed by atoms with E-state index in [-0.39, 0.29) is 28.7 Å². The molecule has 7 heteroatoms. The van der Waals surface area contributed by atoms with Crippen molar-refractivity contribution in [1.82, 2.24) is 5.32 Å². The maximum absolute atomic E-state index is 13.3. The third-order valence-electron chi connectivity index (χ3n) is 3.23. The molecule has 0 aliphatic rings. The zero-order valence-corrected chi connectivity index (χ0v) is 14.0. The molecular formula is C17H18FNO4S. The monoisotopic (exact) mass is 351 g/mol. The maximum Gasteiger partial charge on any atom is 0.251 e. The summed E-state index contributed by atoms with van der Waals surface area (Å²) in [6.45, 7) is 0.584. The van der Waals surface area contributed by atoms with Crippen LogP contribution in [-0.2, 0) is 9.84 Å². The van der Waals surface area contributed by atoms with Gasteiger partial charge in [-0.3, -0.25) is 4.79 Å². The number of carbonyl (C=O) groups excluding carboxylic acids is 1. The number of amides is 1. The Morgan fingerprint density at radius 3 is 2.62 bits per heavy atom. The largest absolute Gasteiger partial charge is 0.490 e. The van der Waals surface area contributed by atoms with Crippen molar-refractivity contribution in [1.29, 1.82) is 0 Å². The molecule has 0 fully saturated rings. The van der Waals surface area contributed by atoms with Gasteiger partial charge in [0.2, 0.25) is 0 Å². The zero-order valence-electron chi connectivity index (χ0n) is 13.2. The molecule has 5 nitrogen and oxygen atoms in total. The van der Waals surface area contributed by atoms with Gasteiger partial charge >= 0.3 is 0 Å². The van der Waals surface area contributed by atoms with Crippen molar-refractivity contribution in [2.24, 2.45) is 0 Å². The molecule has 0 unspecified atom stereocenters. The van der Waals surface area contributed by atoms with Crippen molar-refractivity contribution in [3.05, 3.63) is 59.9 Å². The molecule has 0 aliphatic carbocycles. The van der Waals surface area contributed by atoms with Crippen LogP contribution in [0.2, 0.25) is 0 Å². The van der Waals surface area contributed by atoms with Gasteiger partial charge in [-0.1, -0.05) is 18.2 Å². The predicted molar refractivity (Wildman–Crippen MR) is 88.4 cm³/mol. The summed E-state index contributed by atoms with van der Waals surface area (Å²) in [4.78, 5) is 12.1. The first-order valence-electron chi connectivity index (χ1n) is 7.33. The van der Waals surface area contributed by atoms with E-state index >= 15 is 0 Å². The van der Waals surface area contributed by atoms with Gasteiger partial charge in [-0.05, 0) is 36.8 Å². The second kappa shape index (κ2) is 7.92. The van der Waals surface area contributed by atoms with Crippen LogP contribution in [0.4, 0.5) is 4.39 Å².